The zero-order chi connectivity index (χ0) is 22.0. The van der Waals surface area contributed by atoms with Gasteiger partial charge in [-0.25, -0.2) is 4.39 Å². The first-order valence-electron chi connectivity index (χ1n) is 9.99. The first-order valence-corrected chi connectivity index (χ1v) is 9.99. The van der Waals surface area contributed by atoms with E-state index in [1.165, 1.54) is 6.07 Å². The van der Waals surface area contributed by atoms with E-state index in [-0.39, 0.29) is 16.8 Å². The highest BCUT2D eigenvalue weighted by Crippen LogP contribution is 2.54. The van der Waals surface area contributed by atoms with Gasteiger partial charge in [-0.1, -0.05) is 54.6 Å². The lowest BCUT2D eigenvalue weighted by Crippen LogP contribution is -2.48. The third-order valence-corrected chi connectivity index (χ3v) is 6.23. The summed E-state index contributed by atoms with van der Waals surface area (Å²) in [6, 6.07) is 22.3. The predicted octanol–water partition coefficient (Wildman–Crippen LogP) is 3.75. The van der Waals surface area contributed by atoms with Gasteiger partial charge in [-0.2, -0.15) is 15.8 Å². The Morgan fingerprint density at radius 1 is 1.03 bits per heavy atom. The maximum Gasteiger partial charge on any atom is 0.191 e. The molecule has 0 radical (unpaired) electrons. The molecule has 6 heteroatoms. The van der Waals surface area contributed by atoms with Crippen molar-refractivity contribution in [2.75, 3.05) is 13.1 Å². The minimum Gasteiger partial charge on any atom is -0.399 e. The Morgan fingerprint density at radius 2 is 1.71 bits per heavy atom. The number of nitrogens with zero attached hydrogens (tertiary/aromatic N) is 4. The van der Waals surface area contributed by atoms with Crippen LogP contribution in [-0.2, 0) is 6.54 Å². The minimum atomic E-state index is -1.83. The molecule has 2 atom stereocenters. The van der Waals surface area contributed by atoms with Crippen LogP contribution in [0.15, 0.2) is 77.5 Å². The van der Waals surface area contributed by atoms with Gasteiger partial charge in [-0.3, -0.25) is 4.90 Å². The van der Waals surface area contributed by atoms with E-state index in [0.29, 0.717) is 25.2 Å². The highest BCUT2D eigenvalue weighted by atomic mass is 19.1. The van der Waals surface area contributed by atoms with Crippen LogP contribution < -0.4 is 5.73 Å². The highest BCUT2D eigenvalue weighted by Gasteiger charge is 2.55. The maximum atomic E-state index is 14.9. The monoisotopic (exact) mass is 409 g/mol. The summed E-state index contributed by atoms with van der Waals surface area (Å²) in [5.74, 6) is -1.74. The molecule has 1 heterocycles. The van der Waals surface area contributed by atoms with Gasteiger partial charge >= 0.3 is 0 Å². The van der Waals surface area contributed by atoms with E-state index in [1.54, 1.807) is 18.2 Å². The van der Waals surface area contributed by atoms with Crippen molar-refractivity contribution >= 4 is 0 Å². The Kier molecular flexibility index (Phi) is 5.30. The van der Waals surface area contributed by atoms with Crippen molar-refractivity contribution in [2.24, 2.45) is 17.1 Å². The van der Waals surface area contributed by atoms with Gasteiger partial charge in [0.2, 0.25) is 0 Å². The summed E-state index contributed by atoms with van der Waals surface area (Å²) in [4.78, 5) is 2.17. The summed E-state index contributed by atoms with van der Waals surface area (Å²) in [7, 11) is 0. The lowest BCUT2D eigenvalue weighted by molar-refractivity contribution is 0.199. The summed E-state index contributed by atoms with van der Waals surface area (Å²) in [6.45, 7) is 1.73. The molecule has 1 aliphatic heterocycles. The molecule has 0 spiro atoms. The second-order valence-electron chi connectivity index (χ2n) is 7.88. The molecule has 2 aromatic rings. The number of fused-ring (bicyclic) bond motifs is 1. The molecule has 2 aromatic carbocycles. The Bertz CT molecular complexity index is 1180. The van der Waals surface area contributed by atoms with Gasteiger partial charge < -0.3 is 5.73 Å². The first-order chi connectivity index (χ1) is 15.1. The molecule has 31 heavy (non-hydrogen) atoms. The molecule has 0 aromatic heterocycles. The second-order valence-corrected chi connectivity index (χ2v) is 7.88. The molecule has 2 aliphatic rings. The molecule has 0 unspecified atom stereocenters. The van der Waals surface area contributed by atoms with Crippen molar-refractivity contribution in [1.82, 2.24) is 4.90 Å². The molecule has 0 fully saturated rings. The fourth-order valence-corrected chi connectivity index (χ4v) is 4.78. The van der Waals surface area contributed by atoms with Crippen molar-refractivity contribution < 1.29 is 4.39 Å². The summed E-state index contributed by atoms with van der Waals surface area (Å²) in [6.07, 6.45) is 1.93. The van der Waals surface area contributed by atoms with E-state index in [2.05, 4.69) is 11.0 Å². The number of halogens is 1. The van der Waals surface area contributed by atoms with E-state index in [9.17, 15) is 20.2 Å². The number of rotatable bonds is 3. The smallest absolute Gasteiger partial charge is 0.191 e. The third-order valence-electron chi connectivity index (χ3n) is 6.23. The average Bonchev–Trinajstić information content (AvgIpc) is 2.80. The fourth-order valence-electron chi connectivity index (χ4n) is 4.78. The van der Waals surface area contributed by atoms with Crippen molar-refractivity contribution in [3.05, 3.63) is 94.5 Å². The van der Waals surface area contributed by atoms with Gasteiger partial charge in [0, 0.05) is 31.5 Å². The molecule has 0 bridgehead atoms. The van der Waals surface area contributed by atoms with Crippen LogP contribution in [0.5, 0.6) is 0 Å². The topological polar surface area (TPSA) is 101 Å². The van der Waals surface area contributed by atoms with Crippen LogP contribution >= 0.6 is 0 Å². The van der Waals surface area contributed by atoms with Crippen LogP contribution in [0, 0.1) is 51.1 Å². The SMILES string of the molecule is N#CC1=C(N)C(C#N)(C#N)[C@@H](c2ccccc2F)[C@H]2CN(Cc3ccccc3)CC=C12. The minimum absolute atomic E-state index is 0.0905. The molecule has 152 valence electrons. The van der Waals surface area contributed by atoms with Crippen molar-refractivity contribution in [3.63, 3.8) is 0 Å². The highest BCUT2D eigenvalue weighted by molar-refractivity contribution is 5.59. The molecule has 5 nitrogen and oxygen atoms in total. The molecule has 2 N–H and O–H groups in total. The van der Waals surface area contributed by atoms with Gasteiger partial charge in [0.15, 0.2) is 5.41 Å². The van der Waals surface area contributed by atoms with Crippen molar-refractivity contribution in [2.45, 2.75) is 12.5 Å². The largest absolute Gasteiger partial charge is 0.399 e. The molecular formula is C25H20FN5. The van der Waals surface area contributed by atoms with Gasteiger partial charge in [-0.15, -0.1) is 0 Å². The molecule has 4 rings (SSSR count). The normalized spacial score (nSPS) is 22.5. The quantitative estimate of drug-likeness (QED) is 0.832. The number of benzene rings is 2. The number of hydrogen-bond acceptors (Lipinski definition) is 5. The molecule has 0 amide bonds. The average molecular weight is 409 g/mol. The Labute approximate surface area is 180 Å². The Hall–Kier alpha value is -3.92. The van der Waals surface area contributed by atoms with E-state index in [4.69, 9.17) is 5.73 Å². The first kappa shape index (κ1) is 20.4. The van der Waals surface area contributed by atoms with E-state index in [0.717, 1.165) is 5.56 Å². The summed E-state index contributed by atoms with van der Waals surface area (Å²) < 4.78 is 14.9. The van der Waals surface area contributed by atoms with E-state index < -0.39 is 23.1 Å². The molecular weight excluding hydrogens is 389 g/mol. The predicted molar refractivity (Wildman–Crippen MR) is 113 cm³/mol. The van der Waals surface area contributed by atoms with Gasteiger partial charge in [0.25, 0.3) is 0 Å². The van der Waals surface area contributed by atoms with Crippen molar-refractivity contribution in [1.29, 1.82) is 15.8 Å². The second kappa shape index (κ2) is 8.07. The van der Waals surface area contributed by atoms with Gasteiger partial charge in [-0.05, 0) is 22.8 Å². The van der Waals surface area contributed by atoms with Gasteiger partial charge in [0.1, 0.15) is 11.9 Å². The summed E-state index contributed by atoms with van der Waals surface area (Å²) >= 11 is 0. The molecule has 0 saturated carbocycles. The fraction of sp³-hybridized carbons (Fsp3) is 0.240. The standard InChI is InChI=1S/C25H20FN5/c26-22-9-5-4-8-19(22)23-21-14-31(13-17-6-2-1-3-7-17)11-10-18(21)20(12-27)24(30)25(23,15-28)16-29/h1-10,21,23H,11,13-14,30H2/t21-,23-/m0/s1. The Morgan fingerprint density at radius 3 is 2.35 bits per heavy atom. The number of nitrogens with two attached hydrogens (primary N) is 1. The van der Waals surface area contributed by atoms with Crippen LogP contribution in [0.4, 0.5) is 4.39 Å². The number of nitriles is 3. The van der Waals surface area contributed by atoms with Gasteiger partial charge in [0.05, 0.1) is 23.4 Å². The lowest BCUT2D eigenvalue weighted by atomic mass is 9.58. The van der Waals surface area contributed by atoms with Crippen LogP contribution in [0.25, 0.3) is 0 Å². The van der Waals surface area contributed by atoms with E-state index in [1.807, 2.05) is 48.5 Å². The van der Waals surface area contributed by atoms with Crippen LogP contribution in [0.1, 0.15) is 17.0 Å². The number of hydrogen-bond donors (Lipinski definition) is 1. The van der Waals surface area contributed by atoms with Crippen LogP contribution in [0.3, 0.4) is 0 Å². The summed E-state index contributed by atoms with van der Waals surface area (Å²) in [5.41, 5.74) is 6.60. The zero-order valence-corrected chi connectivity index (χ0v) is 16.8. The van der Waals surface area contributed by atoms with E-state index >= 15 is 0 Å². The maximum absolute atomic E-state index is 14.9. The van der Waals surface area contributed by atoms with Crippen LogP contribution in [0.2, 0.25) is 0 Å². The van der Waals surface area contributed by atoms with Crippen LogP contribution in [-0.4, -0.2) is 18.0 Å². The number of allylic oxidation sites excluding steroid dienone is 2. The Balaban J connectivity index is 1.87. The summed E-state index contributed by atoms with van der Waals surface area (Å²) in [5, 5.41) is 30.0. The molecule has 0 saturated heterocycles. The zero-order valence-electron chi connectivity index (χ0n) is 16.8. The molecule has 1 aliphatic carbocycles. The van der Waals surface area contributed by atoms with Crippen molar-refractivity contribution in [3.8, 4) is 18.2 Å². The third kappa shape index (κ3) is 3.26. The lowest BCUT2D eigenvalue weighted by Gasteiger charge is -2.45.